The number of nitrogens with one attached hydrogen (secondary N) is 1. The highest BCUT2D eigenvalue weighted by Gasteiger charge is 2.35. The number of carboxylic acid groups (broad SMARTS) is 1. The molecule has 0 heterocycles. The Bertz CT molecular complexity index is 390. The maximum absolute atomic E-state index is 11.0. The number of carbonyl (C=O) groups is 1. The first kappa shape index (κ1) is 11.4. The molecule has 0 radical (unpaired) electrons. The van der Waals surface area contributed by atoms with Crippen LogP contribution in [0.1, 0.15) is 18.4 Å². The predicted molar refractivity (Wildman–Crippen MR) is 62.4 cm³/mol. The van der Waals surface area contributed by atoms with Crippen molar-refractivity contribution in [1.29, 1.82) is 0 Å². The molecule has 1 aliphatic carbocycles. The minimum Gasteiger partial charge on any atom is -0.480 e. The number of halogens is 1. The van der Waals surface area contributed by atoms with Crippen LogP contribution < -0.4 is 5.32 Å². The third-order valence-corrected chi connectivity index (χ3v) is 3.20. The SMILES string of the molecule is O=C(O)C(NCc1ccccc1Cl)C1CC1. The number of rotatable bonds is 5. The minimum atomic E-state index is -0.769. The Morgan fingerprint density at radius 3 is 2.75 bits per heavy atom. The summed E-state index contributed by atoms with van der Waals surface area (Å²) in [6.45, 7) is 0.507. The summed E-state index contributed by atoms with van der Waals surface area (Å²) >= 11 is 6.00. The van der Waals surface area contributed by atoms with Crippen LogP contribution in [0.5, 0.6) is 0 Å². The zero-order valence-corrected chi connectivity index (χ0v) is 9.57. The van der Waals surface area contributed by atoms with E-state index in [4.69, 9.17) is 16.7 Å². The molecule has 86 valence electrons. The van der Waals surface area contributed by atoms with Crippen molar-refractivity contribution in [2.24, 2.45) is 5.92 Å². The summed E-state index contributed by atoms with van der Waals surface area (Å²) in [6.07, 6.45) is 2.01. The van der Waals surface area contributed by atoms with Gasteiger partial charge in [0.25, 0.3) is 0 Å². The molecule has 1 saturated carbocycles. The summed E-state index contributed by atoms with van der Waals surface area (Å²) in [5, 5.41) is 12.8. The topological polar surface area (TPSA) is 49.3 Å². The molecule has 0 saturated heterocycles. The molecule has 1 aliphatic rings. The second-order valence-electron chi connectivity index (χ2n) is 4.13. The minimum absolute atomic E-state index is 0.292. The lowest BCUT2D eigenvalue weighted by molar-refractivity contribution is -0.140. The molecule has 1 aromatic rings. The molecule has 1 aromatic carbocycles. The van der Waals surface area contributed by atoms with Gasteiger partial charge in [-0.3, -0.25) is 4.79 Å². The maximum Gasteiger partial charge on any atom is 0.320 e. The van der Waals surface area contributed by atoms with E-state index in [1.54, 1.807) is 0 Å². The fourth-order valence-electron chi connectivity index (χ4n) is 1.75. The van der Waals surface area contributed by atoms with E-state index in [9.17, 15) is 4.79 Å². The first-order chi connectivity index (χ1) is 7.68. The number of aliphatic carboxylic acids is 1. The van der Waals surface area contributed by atoms with Gasteiger partial charge >= 0.3 is 5.97 Å². The van der Waals surface area contributed by atoms with E-state index in [1.807, 2.05) is 24.3 Å². The van der Waals surface area contributed by atoms with Gasteiger partial charge in [-0.25, -0.2) is 0 Å². The average Bonchev–Trinajstić information content (AvgIpc) is 3.04. The standard InChI is InChI=1S/C12H14ClNO2/c13-10-4-2-1-3-9(10)7-14-11(12(15)16)8-5-6-8/h1-4,8,11,14H,5-7H2,(H,15,16). The highest BCUT2D eigenvalue weighted by molar-refractivity contribution is 6.31. The molecule has 1 unspecified atom stereocenters. The fourth-order valence-corrected chi connectivity index (χ4v) is 1.95. The molecule has 2 rings (SSSR count). The molecule has 0 bridgehead atoms. The average molecular weight is 240 g/mol. The zero-order chi connectivity index (χ0) is 11.5. The molecule has 3 nitrogen and oxygen atoms in total. The molecule has 1 fully saturated rings. The first-order valence-electron chi connectivity index (χ1n) is 5.38. The number of benzene rings is 1. The van der Waals surface area contributed by atoms with Crippen molar-refractivity contribution < 1.29 is 9.90 Å². The van der Waals surface area contributed by atoms with Gasteiger partial charge in [-0.15, -0.1) is 0 Å². The molecule has 0 amide bonds. The summed E-state index contributed by atoms with van der Waals surface area (Å²) in [6, 6.07) is 7.04. The van der Waals surface area contributed by atoms with Crippen LogP contribution in [-0.4, -0.2) is 17.1 Å². The largest absolute Gasteiger partial charge is 0.480 e. The van der Waals surface area contributed by atoms with Crippen molar-refractivity contribution in [3.8, 4) is 0 Å². The van der Waals surface area contributed by atoms with E-state index in [1.165, 1.54) is 0 Å². The third-order valence-electron chi connectivity index (χ3n) is 2.83. The second kappa shape index (κ2) is 4.85. The molecule has 0 spiro atoms. The van der Waals surface area contributed by atoms with Crippen molar-refractivity contribution in [3.05, 3.63) is 34.9 Å². The van der Waals surface area contributed by atoms with Gasteiger partial charge in [0.1, 0.15) is 6.04 Å². The lowest BCUT2D eigenvalue weighted by Crippen LogP contribution is -2.38. The quantitative estimate of drug-likeness (QED) is 0.829. The van der Waals surface area contributed by atoms with Crippen molar-refractivity contribution >= 4 is 17.6 Å². The Balaban J connectivity index is 1.95. The number of hydrogen-bond acceptors (Lipinski definition) is 2. The normalized spacial score (nSPS) is 17.1. The zero-order valence-electron chi connectivity index (χ0n) is 8.82. The van der Waals surface area contributed by atoms with Gasteiger partial charge in [-0.1, -0.05) is 29.8 Å². The molecule has 0 aliphatic heterocycles. The van der Waals surface area contributed by atoms with E-state index in [0.29, 0.717) is 17.5 Å². The van der Waals surface area contributed by atoms with Gasteiger partial charge in [-0.2, -0.15) is 0 Å². The van der Waals surface area contributed by atoms with E-state index in [-0.39, 0.29) is 0 Å². The molecular formula is C12H14ClNO2. The van der Waals surface area contributed by atoms with Crippen molar-refractivity contribution in [3.63, 3.8) is 0 Å². The van der Waals surface area contributed by atoms with Gasteiger partial charge in [0, 0.05) is 11.6 Å². The monoisotopic (exact) mass is 239 g/mol. The van der Waals surface area contributed by atoms with Gasteiger partial charge in [0.2, 0.25) is 0 Å². The van der Waals surface area contributed by atoms with Gasteiger partial charge in [0.15, 0.2) is 0 Å². The van der Waals surface area contributed by atoms with Crippen molar-refractivity contribution in [2.45, 2.75) is 25.4 Å². The lowest BCUT2D eigenvalue weighted by Gasteiger charge is -2.13. The molecule has 2 N–H and O–H groups in total. The molecule has 16 heavy (non-hydrogen) atoms. The first-order valence-corrected chi connectivity index (χ1v) is 5.76. The molecule has 4 heteroatoms. The Morgan fingerprint density at radius 2 is 2.19 bits per heavy atom. The van der Waals surface area contributed by atoms with Crippen LogP contribution in [0.3, 0.4) is 0 Å². The van der Waals surface area contributed by atoms with Crippen LogP contribution >= 0.6 is 11.6 Å². The highest BCUT2D eigenvalue weighted by atomic mass is 35.5. The third kappa shape index (κ3) is 2.74. The summed E-state index contributed by atoms with van der Waals surface area (Å²) < 4.78 is 0. The molecule has 0 aromatic heterocycles. The van der Waals surface area contributed by atoms with E-state index < -0.39 is 12.0 Å². The van der Waals surface area contributed by atoms with Crippen LogP contribution in [0, 0.1) is 5.92 Å². The second-order valence-corrected chi connectivity index (χ2v) is 4.53. The Hall–Kier alpha value is -1.06. The maximum atomic E-state index is 11.0. The van der Waals surface area contributed by atoms with Crippen LogP contribution in [0.25, 0.3) is 0 Å². The predicted octanol–water partition coefficient (Wildman–Crippen LogP) is 2.29. The summed E-state index contributed by atoms with van der Waals surface area (Å²) in [5.41, 5.74) is 0.941. The van der Waals surface area contributed by atoms with Crippen LogP contribution in [0.15, 0.2) is 24.3 Å². The van der Waals surface area contributed by atoms with Crippen LogP contribution in [0.4, 0.5) is 0 Å². The summed E-state index contributed by atoms with van der Waals surface area (Å²) in [4.78, 5) is 11.0. The fraction of sp³-hybridized carbons (Fsp3) is 0.417. The lowest BCUT2D eigenvalue weighted by atomic mass is 10.1. The number of hydrogen-bond donors (Lipinski definition) is 2. The Labute approximate surface area is 99.4 Å². The van der Waals surface area contributed by atoms with E-state index in [0.717, 1.165) is 18.4 Å². The molecular weight excluding hydrogens is 226 g/mol. The smallest absolute Gasteiger partial charge is 0.320 e. The van der Waals surface area contributed by atoms with Gasteiger partial charge in [0.05, 0.1) is 0 Å². The van der Waals surface area contributed by atoms with Crippen molar-refractivity contribution in [1.82, 2.24) is 5.32 Å². The highest BCUT2D eigenvalue weighted by Crippen LogP contribution is 2.33. The Morgan fingerprint density at radius 1 is 1.50 bits per heavy atom. The van der Waals surface area contributed by atoms with Crippen molar-refractivity contribution in [2.75, 3.05) is 0 Å². The van der Waals surface area contributed by atoms with E-state index in [2.05, 4.69) is 5.32 Å². The van der Waals surface area contributed by atoms with Gasteiger partial charge < -0.3 is 10.4 Å². The Kier molecular flexibility index (Phi) is 3.46. The van der Waals surface area contributed by atoms with Crippen LogP contribution in [0.2, 0.25) is 5.02 Å². The summed E-state index contributed by atoms with van der Waals surface area (Å²) in [5.74, 6) is -0.477. The van der Waals surface area contributed by atoms with Crippen LogP contribution in [-0.2, 0) is 11.3 Å². The van der Waals surface area contributed by atoms with Gasteiger partial charge in [-0.05, 0) is 30.4 Å². The number of carboxylic acids is 1. The molecule has 1 atom stereocenters. The van der Waals surface area contributed by atoms with E-state index >= 15 is 0 Å². The summed E-state index contributed by atoms with van der Waals surface area (Å²) in [7, 11) is 0.